The number of carbonyl (C=O) groups excluding carboxylic acids is 1. The fourth-order valence-corrected chi connectivity index (χ4v) is 1.13. The lowest BCUT2D eigenvalue weighted by atomic mass is 10.1. The first-order valence-electron chi connectivity index (χ1n) is 4.06. The van der Waals surface area contributed by atoms with E-state index in [9.17, 15) is 4.79 Å². The Labute approximate surface area is 77.1 Å². The summed E-state index contributed by atoms with van der Waals surface area (Å²) < 4.78 is 5.05. The van der Waals surface area contributed by atoms with E-state index in [1.165, 1.54) is 6.08 Å². The summed E-state index contributed by atoms with van der Waals surface area (Å²) in [5.74, 6) is 0.779. The number of isocyanates is 1. The Morgan fingerprint density at radius 2 is 2.31 bits per heavy atom. The van der Waals surface area contributed by atoms with Crippen molar-refractivity contribution in [2.45, 2.75) is 13.3 Å². The predicted molar refractivity (Wildman–Crippen MR) is 50.2 cm³/mol. The van der Waals surface area contributed by atoms with Gasteiger partial charge in [-0.05, 0) is 30.2 Å². The molecule has 3 nitrogen and oxygen atoms in total. The van der Waals surface area contributed by atoms with Crippen LogP contribution in [0, 0.1) is 0 Å². The molecular formula is C10H11NO2. The van der Waals surface area contributed by atoms with Gasteiger partial charge in [0.1, 0.15) is 5.75 Å². The van der Waals surface area contributed by atoms with E-state index in [1.54, 1.807) is 19.2 Å². The molecular weight excluding hydrogens is 166 g/mol. The van der Waals surface area contributed by atoms with E-state index in [0.717, 1.165) is 17.7 Å². The number of nitrogens with zero attached hydrogens (tertiary/aromatic N) is 1. The highest BCUT2D eigenvalue weighted by molar-refractivity contribution is 5.55. The molecule has 0 aliphatic heterocycles. The van der Waals surface area contributed by atoms with Crippen LogP contribution in [0.15, 0.2) is 23.2 Å². The number of rotatable bonds is 3. The van der Waals surface area contributed by atoms with Gasteiger partial charge in [0.05, 0.1) is 12.8 Å². The van der Waals surface area contributed by atoms with Gasteiger partial charge in [-0.25, -0.2) is 4.79 Å². The minimum Gasteiger partial charge on any atom is -0.497 e. The molecule has 0 bridgehead atoms. The van der Waals surface area contributed by atoms with Crippen molar-refractivity contribution in [1.29, 1.82) is 0 Å². The maximum atomic E-state index is 10.1. The second-order valence-corrected chi connectivity index (χ2v) is 2.55. The van der Waals surface area contributed by atoms with Crippen LogP contribution in [-0.2, 0) is 11.2 Å². The Morgan fingerprint density at radius 1 is 1.54 bits per heavy atom. The van der Waals surface area contributed by atoms with E-state index >= 15 is 0 Å². The summed E-state index contributed by atoms with van der Waals surface area (Å²) in [6.07, 6.45) is 2.35. The molecule has 0 amide bonds. The summed E-state index contributed by atoms with van der Waals surface area (Å²) in [5, 5.41) is 0. The van der Waals surface area contributed by atoms with E-state index in [0.29, 0.717) is 5.69 Å². The van der Waals surface area contributed by atoms with E-state index in [2.05, 4.69) is 4.99 Å². The van der Waals surface area contributed by atoms with Gasteiger partial charge in [-0.3, -0.25) is 0 Å². The highest BCUT2D eigenvalue weighted by atomic mass is 16.5. The van der Waals surface area contributed by atoms with E-state index in [4.69, 9.17) is 4.74 Å². The maximum Gasteiger partial charge on any atom is 0.240 e. The molecule has 1 rings (SSSR count). The van der Waals surface area contributed by atoms with Crippen LogP contribution in [0.4, 0.5) is 5.69 Å². The summed E-state index contributed by atoms with van der Waals surface area (Å²) >= 11 is 0. The summed E-state index contributed by atoms with van der Waals surface area (Å²) in [5.41, 5.74) is 1.65. The van der Waals surface area contributed by atoms with Gasteiger partial charge in [0.15, 0.2) is 0 Å². The smallest absolute Gasteiger partial charge is 0.240 e. The second kappa shape index (κ2) is 4.43. The highest BCUT2D eigenvalue weighted by Gasteiger charge is 2.00. The Kier molecular flexibility index (Phi) is 3.23. The number of methoxy groups -OCH3 is 1. The lowest BCUT2D eigenvalue weighted by Crippen LogP contribution is -1.86. The predicted octanol–water partition coefficient (Wildman–Crippen LogP) is 2.22. The molecule has 0 heterocycles. The van der Waals surface area contributed by atoms with Crippen molar-refractivity contribution in [3.05, 3.63) is 23.8 Å². The number of hydrogen-bond donors (Lipinski definition) is 0. The molecule has 68 valence electrons. The molecule has 0 N–H and O–H groups in total. The molecule has 0 atom stereocenters. The summed E-state index contributed by atoms with van der Waals surface area (Å²) in [7, 11) is 1.61. The number of benzene rings is 1. The third kappa shape index (κ3) is 2.17. The van der Waals surface area contributed by atoms with Crippen molar-refractivity contribution in [1.82, 2.24) is 0 Å². The number of hydrogen-bond acceptors (Lipinski definition) is 3. The van der Waals surface area contributed by atoms with Gasteiger partial charge in [0.2, 0.25) is 6.08 Å². The molecule has 0 radical (unpaired) electrons. The maximum absolute atomic E-state index is 10.1. The van der Waals surface area contributed by atoms with Crippen molar-refractivity contribution in [2.75, 3.05) is 7.11 Å². The van der Waals surface area contributed by atoms with Crippen LogP contribution < -0.4 is 4.74 Å². The first-order chi connectivity index (χ1) is 6.31. The van der Waals surface area contributed by atoms with Crippen LogP contribution in [0.2, 0.25) is 0 Å². The van der Waals surface area contributed by atoms with Crippen molar-refractivity contribution in [3.8, 4) is 5.75 Å². The van der Waals surface area contributed by atoms with Crippen molar-refractivity contribution in [3.63, 3.8) is 0 Å². The molecule has 3 heteroatoms. The van der Waals surface area contributed by atoms with Gasteiger partial charge in [0.25, 0.3) is 0 Å². The lowest BCUT2D eigenvalue weighted by molar-refractivity contribution is 0.414. The average molecular weight is 177 g/mol. The summed E-state index contributed by atoms with van der Waals surface area (Å²) in [6, 6.07) is 5.40. The van der Waals surface area contributed by atoms with E-state index in [-0.39, 0.29) is 0 Å². The number of aryl methyl sites for hydroxylation is 1. The normalized spacial score (nSPS) is 9.08. The Morgan fingerprint density at radius 3 is 2.85 bits per heavy atom. The zero-order chi connectivity index (χ0) is 9.68. The van der Waals surface area contributed by atoms with Crippen LogP contribution in [0.25, 0.3) is 0 Å². The second-order valence-electron chi connectivity index (χ2n) is 2.55. The van der Waals surface area contributed by atoms with Gasteiger partial charge in [0, 0.05) is 0 Å². The molecule has 0 aliphatic carbocycles. The van der Waals surface area contributed by atoms with E-state index < -0.39 is 0 Å². The molecule has 0 aromatic heterocycles. The lowest BCUT2D eigenvalue weighted by Gasteiger charge is -2.04. The van der Waals surface area contributed by atoms with Crippen LogP contribution >= 0.6 is 0 Å². The van der Waals surface area contributed by atoms with E-state index in [1.807, 2.05) is 13.0 Å². The monoisotopic (exact) mass is 177 g/mol. The van der Waals surface area contributed by atoms with Crippen molar-refractivity contribution in [2.24, 2.45) is 4.99 Å². The van der Waals surface area contributed by atoms with Gasteiger partial charge >= 0.3 is 0 Å². The third-order valence-corrected chi connectivity index (χ3v) is 1.83. The Bertz CT molecular complexity index is 341. The zero-order valence-electron chi connectivity index (χ0n) is 7.70. The standard InChI is InChI=1S/C10H11NO2/c1-3-8-6-9(13-2)4-5-10(8)11-7-12/h4-6H,3H2,1-2H3. The Balaban J connectivity index is 3.15. The molecule has 13 heavy (non-hydrogen) atoms. The quantitative estimate of drug-likeness (QED) is 0.524. The minimum absolute atomic E-state index is 0.665. The summed E-state index contributed by atoms with van der Waals surface area (Å²) in [6.45, 7) is 2.00. The molecule has 0 aliphatic rings. The van der Waals surface area contributed by atoms with Crippen LogP contribution in [-0.4, -0.2) is 13.2 Å². The molecule has 0 saturated carbocycles. The number of aliphatic imine (C=N–C) groups is 1. The first kappa shape index (κ1) is 9.49. The van der Waals surface area contributed by atoms with Crippen molar-refractivity contribution < 1.29 is 9.53 Å². The number of ether oxygens (including phenoxy) is 1. The van der Waals surface area contributed by atoms with Gasteiger partial charge in [-0.15, -0.1) is 0 Å². The molecule has 0 spiro atoms. The van der Waals surface area contributed by atoms with Crippen molar-refractivity contribution >= 4 is 11.8 Å². The highest BCUT2D eigenvalue weighted by Crippen LogP contribution is 2.24. The van der Waals surface area contributed by atoms with Gasteiger partial charge in [-0.1, -0.05) is 6.92 Å². The minimum atomic E-state index is 0.665. The summed E-state index contributed by atoms with van der Waals surface area (Å²) in [4.78, 5) is 13.7. The van der Waals surface area contributed by atoms with Gasteiger partial charge < -0.3 is 4.74 Å². The molecule has 1 aromatic carbocycles. The topological polar surface area (TPSA) is 38.7 Å². The molecule has 0 saturated heterocycles. The third-order valence-electron chi connectivity index (χ3n) is 1.83. The first-order valence-corrected chi connectivity index (χ1v) is 4.06. The fourth-order valence-electron chi connectivity index (χ4n) is 1.13. The molecule has 1 aromatic rings. The van der Waals surface area contributed by atoms with Crippen LogP contribution in [0.5, 0.6) is 5.75 Å². The molecule has 0 unspecified atom stereocenters. The van der Waals surface area contributed by atoms with Crippen LogP contribution in [0.1, 0.15) is 12.5 Å². The fraction of sp³-hybridized carbons (Fsp3) is 0.300. The SMILES string of the molecule is CCc1cc(OC)ccc1N=C=O. The van der Waals surface area contributed by atoms with Gasteiger partial charge in [-0.2, -0.15) is 4.99 Å². The average Bonchev–Trinajstić information content (AvgIpc) is 2.19. The largest absolute Gasteiger partial charge is 0.497 e. The molecule has 0 fully saturated rings. The van der Waals surface area contributed by atoms with Crippen LogP contribution in [0.3, 0.4) is 0 Å². The zero-order valence-corrected chi connectivity index (χ0v) is 7.70. The Hall–Kier alpha value is -1.60.